The lowest BCUT2D eigenvalue weighted by Crippen LogP contribution is -2.39. The van der Waals surface area contributed by atoms with Gasteiger partial charge < -0.3 is 15.0 Å². The highest BCUT2D eigenvalue weighted by Gasteiger charge is 2.18. The number of carbonyl (C=O) groups is 2. The van der Waals surface area contributed by atoms with Gasteiger partial charge in [0.1, 0.15) is 11.5 Å². The summed E-state index contributed by atoms with van der Waals surface area (Å²) in [5, 5.41) is 2.86. The maximum absolute atomic E-state index is 12.3. The van der Waals surface area contributed by atoms with Crippen LogP contribution in [0.3, 0.4) is 0 Å². The Labute approximate surface area is 154 Å². The van der Waals surface area contributed by atoms with Crippen LogP contribution in [0.15, 0.2) is 54.6 Å². The number of nitrogens with zero attached hydrogens (tertiary/aromatic N) is 1. The van der Waals surface area contributed by atoms with Crippen LogP contribution in [0.5, 0.6) is 11.5 Å². The lowest BCUT2D eigenvalue weighted by atomic mass is 10.1. The van der Waals surface area contributed by atoms with Crippen molar-refractivity contribution in [3.63, 3.8) is 0 Å². The van der Waals surface area contributed by atoms with Crippen molar-refractivity contribution in [2.75, 3.05) is 18.4 Å². The fraction of sp³-hybridized carbons (Fsp3) is 0.333. The van der Waals surface area contributed by atoms with Crippen LogP contribution < -0.4 is 10.1 Å². The smallest absolute Gasteiger partial charge is 0.243 e. The summed E-state index contributed by atoms with van der Waals surface area (Å²) in [5.74, 6) is 1.27. The number of anilines is 1. The van der Waals surface area contributed by atoms with E-state index in [0.717, 1.165) is 31.4 Å². The minimum atomic E-state index is -0.184. The predicted octanol–water partition coefficient (Wildman–Crippen LogP) is 4.21. The molecule has 1 aliphatic rings. The van der Waals surface area contributed by atoms with Gasteiger partial charge in [-0.25, -0.2) is 0 Å². The highest BCUT2D eigenvalue weighted by Crippen LogP contribution is 2.23. The first-order chi connectivity index (χ1) is 12.7. The van der Waals surface area contributed by atoms with E-state index in [2.05, 4.69) is 5.32 Å². The average molecular weight is 352 g/mol. The molecule has 1 heterocycles. The van der Waals surface area contributed by atoms with E-state index in [1.165, 1.54) is 0 Å². The van der Waals surface area contributed by atoms with Crippen LogP contribution in [0.25, 0.3) is 0 Å². The summed E-state index contributed by atoms with van der Waals surface area (Å²) in [5.41, 5.74) is 0.655. The van der Waals surface area contributed by atoms with E-state index in [9.17, 15) is 9.59 Å². The minimum Gasteiger partial charge on any atom is -0.457 e. The topological polar surface area (TPSA) is 58.6 Å². The molecule has 26 heavy (non-hydrogen) atoms. The monoisotopic (exact) mass is 352 g/mol. The molecule has 0 atom stereocenters. The van der Waals surface area contributed by atoms with Crippen LogP contribution in [0.2, 0.25) is 0 Å². The highest BCUT2D eigenvalue weighted by atomic mass is 16.5. The number of carbonyl (C=O) groups excluding carboxylic acids is 2. The average Bonchev–Trinajstić information content (AvgIpc) is 2.63. The molecule has 0 aromatic heterocycles. The van der Waals surface area contributed by atoms with E-state index in [4.69, 9.17) is 4.74 Å². The number of amides is 2. The van der Waals surface area contributed by atoms with Crippen molar-refractivity contribution < 1.29 is 14.3 Å². The van der Waals surface area contributed by atoms with Crippen molar-refractivity contribution in [1.29, 1.82) is 0 Å². The van der Waals surface area contributed by atoms with Gasteiger partial charge in [-0.05, 0) is 37.1 Å². The van der Waals surface area contributed by atoms with Crippen molar-refractivity contribution in [2.45, 2.75) is 32.1 Å². The molecule has 1 N–H and O–H groups in total. The van der Waals surface area contributed by atoms with Gasteiger partial charge in [0.25, 0.3) is 0 Å². The maximum atomic E-state index is 12.3. The summed E-state index contributed by atoms with van der Waals surface area (Å²) in [4.78, 5) is 26.2. The van der Waals surface area contributed by atoms with Crippen molar-refractivity contribution in [3.05, 3.63) is 54.6 Å². The number of likely N-dealkylation sites (tertiary alicyclic amines) is 1. The number of para-hydroxylation sites is 1. The molecule has 3 rings (SSSR count). The van der Waals surface area contributed by atoms with Gasteiger partial charge in [-0.3, -0.25) is 9.59 Å². The second-order valence-corrected chi connectivity index (χ2v) is 6.47. The number of hydrogen-bond donors (Lipinski definition) is 1. The molecule has 2 aromatic carbocycles. The van der Waals surface area contributed by atoms with Crippen molar-refractivity contribution in [1.82, 2.24) is 4.90 Å². The van der Waals surface area contributed by atoms with Crippen LogP contribution in [-0.4, -0.2) is 29.8 Å². The summed E-state index contributed by atoms with van der Waals surface area (Å²) in [6.45, 7) is 0.756. The Morgan fingerprint density at radius 3 is 2.58 bits per heavy atom. The minimum absolute atomic E-state index is 0.0704. The number of benzene rings is 2. The fourth-order valence-corrected chi connectivity index (χ4v) is 3.02. The number of hydrogen-bond acceptors (Lipinski definition) is 3. The molecule has 0 radical (unpaired) electrons. The Morgan fingerprint density at radius 2 is 1.73 bits per heavy atom. The van der Waals surface area contributed by atoms with Gasteiger partial charge in [0, 0.05) is 24.7 Å². The molecule has 1 fully saturated rings. The molecule has 1 aliphatic heterocycles. The zero-order chi connectivity index (χ0) is 18.2. The van der Waals surface area contributed by atoms with Crippen molar-refractivity contribution in [2.24, 2.45) is 0 Å². The van der Waals surface area contributed by atoms with E-state index >= 15 is 0 Å². The Morgan fingerprint density at radius 1 is 0.962 bits per heavy atom. The van der Waals surface area contributed by atoms with E-state index in [0.29, 0.717) is 24.4 Å². The molecule has 5 heteroatoms. The molecule has 1 saturated heterocycles. The van der Waals surface area contributed by atoms with Gasteiger partial charge >= 0.3 is 0 Å². The second kappa shape index (κ2) is 9.04. The lowest BCUT2D eigenvalue weighted by Gasteiger charge is -2.24. The zero-order valence-corrected chi connectivity index (χ0v) is 14.8. The summed E-state index contributed by atoms with van der Waals surface area (Å²) < 4.78 is 5.78. The Bertz CT molecular complexity index is 746. The normalized spacial score (nSPS) is 15.1. The highest BCUT2D eigenvalue weighted by molar-refractivity contribution is 5.94. The largest absolute Gasteiger partial charge is 0.457 e. The summed E-state index contributed by atoms with van der Waals surface area (Å²) in [7, 11) is 0. The summed E-state index contributed by atoms with van der Waals surface area (Å²) in [6, 6.07) is 16.7. The molecule has 2 amide bonds. The van der Waals surface area contributed by atoms with E-state index in [1.54, 1.807) is 11.0 Å². The van der Waals surface area contributed by atoms with Crippen LogP contribution in [0.4, 0.5) is 5.69 Å². The first-order valence-electron chi connectivity index (χ1n) is 9.11. The van der Waals surface area contributed by atoms with Crippen LogP contribution in [-0.2, 0) is 9.59 Å². The summed E-state index contributed by atoms with van der Waals surface area (Å²) >= 11 is 0. The first kappa shape index (κ1) is 18.0. The van der Waals surface area contributed by atoms with Gasteiger partial charge in [0.15, 0.2) is 0 Å². The second-order valence-electron chi connectivity index (χ2n) is 6.47. The SMILES string of the molecule is O=C(CN1CCCCCCC1=O)Nc1cccc(Oc2ccccc2)c1. The van der Waals surface area contributed by atoms with Gasteiger partial charge in [0.2, 0.25) is 11.8 Å². The summed E-state index contributed by atoms with van der Waals surface area (Å²) in [6.07, 6.45) is 4.62. The van der Waals surface area contributed by atoms with Crippen LogP contribution in [0, 0.1) is 0 Å². The third-order valence-corrected chi connectivity index (χ3v) is 4.35. The lowest BCUT2D eigenvalue weighted by molar-refractivity contribution is -0.135. The first-order valence-corrected chi connectivity index (χ1v) is 9.11. The Hall–Kier alpha value is -2.82. The molecule has 2 aromatic rings. The van der Waals surface area contributed by atoms with Gasteiger partial charge in [-0.15, -0.1) is 0 Å². The van der Waals surface area contributed by atoms with Crippen LogP contribution in [0.1, 0.15) is 32.1 Å². The molecule has 0 bridgehead atoms. The van der Waals surface area contributed by atoms with Gasteiger partial charge in [0.05, 0.1) is 6.54 Å². The standard InChI is InChI=1S/C21H24N2O3/c24-20(16-23-14-7-2-1-6-13-21(23)25)22-17-9-8-12-19(15-17)26-18-10-4-3-5-11-18/h3-5,8-12,15H,1-2,6-7,13-14,16H2,(H,22,24). The number of rotatable bonds is 5. The number of nitrogens with one attached hydrogen (secondary N) is 1. The quantitative estimate of drug-likeness (QED) is 0.877. The van der Waals surface area contributed by atoms with E-state index in [-0.39, 0.29) is 18.4 Å². The van der Waals surface area contributed by atoms with Crippen LogP contribution >= 0.6 is 0 Å². The molecule has 136 valence electrons. The predicted molar refractivity (Wildman–Crippen MR) is 101 cm³/mol. The number of ether oxygens (including phenoxy) is 1. The van der Waals surface area contributed by atoms with E-state index in [1.807, 2.05) is 48.5 Å². The third-order valence-electron chi connectivity index (χ3n) is 4.35. The van der Waals surface area contributed by atoms with Gasteiger partial charge in [-0.1, -0.05) is 37.1 Å². The molecule has 0 unspecified atom stereocenters. The van der Waals surface area contributed by atoms with Crippen molar-refractivity contribution >= 4 is 17.5 Å². The van der Waals surface area contributed by atoms with Gasteiger partial charge in [-0.2, -0.15) is 0 Å². The molecular formula is C21H24N2O3. The molecule has 5 nitrogen and oxygen atoms in total. The zero-order valence-electron chi connectivity index (χ0n) is 14.8. The van der Waals surface area contributed by atoms with Crippen molar-refractivity contribution in [3.8, 4) is 11.5 Å². The Kier molecular flexibility index (Phi) is 6.25. The third kappa shape index (κ3) is 5.34. The molecule has 0 spiro atoms. The van der Waals surface area contributed by atoms with E-state index < -0.39 is 0 Å². The Balaban J connectivity index is 1.58. The molecular weight excluding hydrogens is 328 g/mol. The fourth-order valence-electron chi connectivity index (χ4n) is 3.02. The molecule has 0 saturated carbocycles. The maximum Gasteiger partial charge on any atom is 0.243 e. The molecule has 0 aliphatic carbocycles.